The van der Waals surface area contributed by atoms with Gasteiger partial charge in [0.1, 0.15) is 5.82 Å². The van der Waals surface area contributed by atoms with Gasteiger partial charge in [-0.15, -0.1) is 0 Å². The van der Waals surface area contributed by atoms with Gasteiger partial charge in [-0.2, -0.15) is 0 Å². The van der Waals surface area contributed by atoms with E-state index in [4.69, 9.17) is 5.73 Å². The maximum atomic E-state index is 13.7. The summed E-state index contributed by atoms with van der Waals surface area (Å²) >= 11 is 0. The Morgan fingerprint density at radius 2 is 2.00 bits per heavy atom. The number of pyridine rings is 1. The zero-order chi connectivity index (χ0) is 14.7. The second-order valence-electron chi connectivity index (χ2n) is 4.31. The molecule has 0 atom stereocenters. The van der Waals surface area contributed by atoms with Gasteiger partial charge in [-0.05, 0) is 12.1 Å². The number of aromatic nitrogens is 1. The molecule has 1 aromatic carbocycles. The highest BCUT2D eigenvalue weighted by Crippen LogP contribution is 2.16. The first-order valence-electron chi connectivity index (χ1n) is 5.89. The Bertz CT molecular complexity index is 646. The van der Waals surface area contributed by atoms with Gasteiger partial charge >= 0.3 is 0 Å². The van der Waals surface area contributed by atoms with Crippen molar-refractivity contribution in [3.05, 3.63) is 59.3 Å². The summed E-state index contributed by atoms with van der Waals surface area (Å²) in [5.74, 6) is -2.20. The Morgan fingerprint density at radius 3 is 2.70 bits per heavy atom. The van der Waals surface area contributed by atoms with Crippen LogP contribution in [0.25, 0.3) is 0 Å². The fourth-order valence-electron chi connectivity index (χ4n) is 1.78. The minimum absolute atomic E-state index is 0.0349. The predicted octanol–water partition coefficient (Wildman–Crippen LogP) is 2.21. The van der Waals surface area contributed by atoms with Gasteiger partial charge in [0.25, 0.3) is 5.91 Å². The van der Waals surface area contributed by atoms with Crippen molar-refractivity contribution in [1.29, 1.82) is 0 Å². The van der Waals surface area contributed by atoms with Crippen LogP contribution in [0.1, 0.15) is 15.9 Å². The quantitative estimate of drug-likeness (QED) is 0.935. The number of rotatable bonds is 3. The molecule has 0 aliphatic carbocycles. The Balaban J connectivity index is 2.21. The largest absolute Gasteiger partial charge is 0.381 e. The Morgan fingerprint density at radius 1 is 1.30 bits per heavy atom. The minimum Gasteiger partial charge on any atom is -0.381 e. The fraction of sp³-hybridized carbons (Fsp3) is 0.143. The molecular formula is C14H13F2N3O. The number of halogens is 2. The van der Waals surface area contributed by atoms with Gasteiger partial charge in [-0.3, -0.25) is 4.79 Å². The average Bonchev–Trinajstić information content (AvgIpc) is 2.43. The second kappa shape index (κ2) is 5.64. The zero-order valence-corrected chi connectivity index (χ0v) is 10.8. The monoisotopic (exact) mass is 277 g/mol. The van der Waals surface area contributed by atoms with Gasteiger partial charge in [0, 0.05) is 25.4 Å². The van der Waals surface area contributed by atoms with E-state index in [-0.39, 0.29) is 17.9 Å². The van der Waals surface area contributed by atoms with Gasteiger partial charge in [-0.1, -0.05) is 18.2 Å². The predicted molar refractivity (Wildman–Crippen MR) is 70.8 cm³/mol. The number of carbonyl (C=O) groups excluding carboxylic acids is 1. The molecule has 20 heavy (non-hydrogen) atoms. The molecule has 0 radical (unpaired) electrons. The first-order valence-corrected chi connectivity index (χ1v) is 5.89. The van der Waals surface area contributed by atoms with Crippen LogP contribution in [0.2, 0.25) is 0 Å². The number of nitrogens with zero attached hydrogens (tertiary/aromatic N) is 2. The first kappa shape index (κ1) is 13.9. The number of nitrogen functional groups attached to an aromatic ring is 1. The van der Waals surface area contributed by atoms with E-state index in [1.807, 2.05) is 0 Å². The normalized spacial score (nSPS) is 10.3. The van der Waals surface area contributed by atoms with Gasteiger partial charge in [0.15, 0.2) is 11.6 Å². The summed E-state index contributed by atoms with van der Waals surface area (Å²) in [5, 5.41) is 0. The highest BCUT2D eigenvalue weighted by Gasteiger charge is 2.19. The van der Waals surface area contributed by atoms with E-state index < -0.39 is 17.5 Å². The van der Waals surface area contributed by atoms with Crippen LogP contribution in [0.15, 0.2) is 36.5 Å². The molecular weight excluding hydrogens is 264 g/mol. The summed E-state index contributed by atoms with van der Waals surface area (Å²) in [6, 6.07) is 7.34. The summed E-state index contributed by atoms with van der Waals surface area (Å²) in [6.07, 6.45) is 1.25. The standard InChI is InChI=1S/C14H13F2N3O/c1-19(8-9-4-2-3-5-11(9)15)14(20)10-6-7-18-13(17)12(10)16/h2-7H,8H2,1H3,(H2,17,18). The SMILES string of the molecule is CN(Cc1ccccc1F)C(=O)c1ccnc(N)c1F. The highest BCUT2D eigenvalue weighted by atomic mass is 19.1. The third kappa shape index (κ3) is 2.74. The summed E-state index contributed by atoms with van der Waals surface area (Å²) < 4.78 is 27.2. The molecule has 0 spiro atoms. The van der Waals surface area contributed by atoms with Crippen LogP contribution in [0.3, 0.4) is 0 Å². The van der Waals surface area contributed by atoms with Crippen LogP contribution in [0, 0.1) is 11.6 Å². The minimum atomic E-state index is -0.863. The van der Waals surface area contributed by atoms with Crippen molar-refractivity contribution in [2.75, 3.05) is 12.8 Å². The Hall–Kier alpha value is -2.50. The van der Waals surface area contributed by atoms with Crippen molar-refractivity contribution in [2.45, 2.75) is 6.54 Å². The third-order valence-electron chi connectivity index (χ3n) is 2.86. The maximum Gasteiger partial charge on any atom is 0.257 e. The van der Waals surface area contributed by atoms with E-state index in [1.54, 1.807) is 18.2 Å². The van der Waals surface area contributed by atoms with Crippen molar-refractivity contribution in [3.63, 3.8) is 0 Å². The number of amides is 1. The van der Waals surface area contributed by atoms with E-state index in [0.717, 1.165) is 0 Å². The molecule has 2 N–H and O–H groups in total. The number of benzene rings is 1. The Kier molecular flexibility index (Phi) is 3.93. The smallest absolute Gasteiger partial charge is 0.257 e. The maximum absolute atomic E-state index is 13.7. The summed E-state index contributed by atoms with van der Waals surface area (Å²) in [6.45, 7) is 0.0349. The number of hydrogen-bond donors (Lipinski definition) is 1. The number of carbonyl (C=O) groups is 1. The average molecular weight is 277 g/mol. The third-order valence-corrected chi connectivity index (χ3v) is 2.86. The molecule has 0 aliphatic heterocycles. The van der Waals surface area contributed by atoms with E-state index in [0.29, 0.717) is 5.56 Å². The van der Waals surface area contributed by atoms with Gasteiger partial charge in [0.2, 0.25) is 0 Å². The lowest BCUT2D eigenvalue weighted by Gasteiger charge is -2.18. The van der Waals surface area contributed by atoms with Crippen LogP contribution in [-0.4, -0.2) is 22.8 Å². The van der Waals surface area contributed by atoms with Crippen molar-refractivity contribution in [2.24, 2.45) is 0 Å². The zero-order valence-electron chi connectivity index (χ0n) is 10.8. The Labute approximate surface area is 114 Å². The van der Waals surface area contributed by atoms with E-state index in [1.165, 1.54) is 30.3 Å². The molecule has 0 saturated heterocycles. The molecule has 1 heterocycles. The molecule has 4 nitrogen and oxygen atoms in total. The van der Waals surface area contributed by atoms with Gasteiger partial charge < -0.3 is 10.6 Å². The summed E-state index contributed by atoms with van der Waals surface area (Å²) in [5.41, 5.74) is 5.49. The molecule has 1 aromatic heterocycles. The lowest BCUT2D eigenvalue weighted by molar-refractivity contribution is 0.0779. The van der Waals surface area contributed by atoms with E-state index in [9.17, 15) is 13.6 Å². The number of nitrogens with two attached hydrogens (primary N) is 1. The van der Waals surface area contributed by atoms with Crippen molar-refractivity contribution < 1.29 is 13.6 Å². The molecule has 0 unspecified atom stereocenters. The van der Waals surface area contributed by atoms with Crippen LogP contribution >= 0.6 is 0 Å². The molecule has 0 bridgehead atoms. The van der Waals surface area contributed by atoms with Crippen LogP contribution < -0.4 is 5.73 Å². The van der Waals surface area contributed by atoms with Crippen LogP contribution in [0.4, 0.5) is 14.6 Å². The molecule has 1 amide bonds. The van der Waals surface area contributed by atoms with Crippen molar-refractivity contribution in [1.82, 2.24) is 9.88 Å². The van der Waals surface area contributed by atoms with Gasteiger partial charge in [-0.25, -0.2) is 13.8 Å². The molecule has 2 aromatic rings. The van der Waals surface area contributed by atoms with Crippen LogP contribution in [0.5, 0.6) is 0 Å². The van der Waals surface area contributed by atoms with E-state index >= 15 is 0 Å². The van der Waals surface area contributed by atoms with Crippen molar-refractivity contribution >= 4 is 11.7 Å². The van der Waals surface area contributed by atoms with Crippen molar-refractivity contribution in [3.8, 4) is 0 Å². The molecule has 2 rings (SSSR count). The number of hydrogen-bond acceptors (Lipinski definition) is 3. The molecule has 0 fully saturated rings. The van der Waals surface area contributed by atoms with E-state index in [2.05, 4.69) is 4.98 Å². The summed E-state index contributed by atoms with van der Waals surface area (Å²) in [4.78, 5) is 16.9. The molecule has 0 aliphatic rings. The van der Waals surface area contributed by atoms with Crippen LogP contribution in [-0.2, 0) is 6.54 Å². The molecule has 0 saturated carbocycles. The fourth-order valence-corrected chi connectivity index (χ4v) is 1.78. The lowest BCUT2D eigenvalue weighted by Crippen LogP contribution is -2.27. The highest BCUT2D eigenvalue weighted by molar-refractivity contribution is 5.94. The first-order chi connectivity index (χ1) is 9.50. The summed E-state index contributed by atoms with van der Waals surface area (Å²) in [7, 11) is 1.46. The molecule has 6 heteroatoms. The number of anilines is 1. The van der Waals surface area contributed by atoms with Gasteiger partial charge in [0.05, 0.1) is 5.56 Å². The topological polar surface area (TPSA) is 59.2 Å². The molecule has 104 valence electrons. The second-order valence-corrected chi connectivity index (χ2v) is 4.31. The lowest BCUT2D eigenvalue weighted by atomic mass is 10.1.